The molecule has 4 rings (SSSR count). The smallest absolute Gasteiger partial charge is 0.124 e. The van der Waals surface area contributed by atoms with Crippen molar-refractivity contribution in [2.24, 2.45) is 0 Å². The van der Waals surface area contributed by atoms with E-state index in [1.54, 1.807) is 6.20 Å². The number of nitrogens with zero attached hydrogens (tertiary/aromatic N) is 2. The van der Waals surface area contributed by atoms with Gasteiger partial charge in [-0.3, -0.25) is 9.88 Å². The highest BCUT2D eigenvalue weighted by Crippen LogP contribution is 2.28. The number of morpholine rings is 1. The van der Waals surface area contributed by atoms with E-state index in [0.717, 1.165) is 50.1 Å². The first-order valence-corrected chi connectivity index (χ1v) is 9.54. The summed E-state index contributed by atoms with van der Waals surface area (Å²) in [5, 5.41) is 3.55. The van der Waals surface area contributed by atoms with E-state index >= 15 is 0 Å². The second-order valence-corrected chi connectivity index (χ2v) is 7.11. The SMILES string of the molecule is c1cncc(COc2ccccc2CNC[C@H]2CN(C3CC3)CCO2)c1. The summed E-state index contributed by atoms with van der Waals surface area (Å²) >= 11 is 0. The summed E-state index contributed by atoms with van der Waals surface area (Å²) in [6.07, 6.45) is 6.63. The van der Waals surface area contributed by atoms with Crippen LogP contribution in [0, 0.1) is 0 Å². The van der Waals surface area contributed by atoms with E-state index in [0.29, 0.717) is 6.61 Å². The van der Waals surface area contributed by atoms with E-state index in [2.05, 4.69) is 27.3 Å². The Hall–Kier alpha value is -1.95. The third-order valence-electron chi connectivity index (χ3n) is 5.01. The molecule has 1 atom stereocenters. The van der Waals surface area contributed by atoms with E-state index in [1.807, 2.05) is 30.5 Å². The zero-order chi connectivity index (χ0) is 17.6. The molecule has 1 aromatic carbocycles. The summed E-state index contributed by atoms with van der Waals surface area (Å²) < 4.78 is 11.9. The summed E-state index contributed by atoms with van der Waals surface area (Å²) in [5.74, 6) is 0.924. The number of hydrogen-bond donors (Lipinski definition) is 1. The number of aromatic nitrogens is 1. The zero-order valence-electron chi connectivity index (χ0n) is 15.1. The van der Waals surface area contributed by atoms with Crippen molar-refractivity contribution >= 4 is 0 Å². The van der Waals surface area contributed by atoms with Crippen molar-refractivity contribution < 1.29 is 9.47 Å². The van der Waals surface area contributed by atoms with Crippen LogP contribution in [0.25, 0.3) is 0 Å². The maximum absolute atomic E-state index is 6.00. The Labute approximate surface area is 155 Å². The van der Waals surface area contributed by atoms with Crippen molar-refractivity contribution in [3.8, 4) is 5.75 Å². The van der Waals surface area contributed by atoms with Gasteiger partial charge in [0.05, 0.1) is 12.7 Å². The second kappa shape index (κ2) is 8.62. The van der Waals surface area contributed by atoms with E-state index in [9.17, 15) is 0 Å². The quantitative estimate of drug-likeness (QED) is 0.790. The number of ether oxygens (including phenoxy) is 2. The Bertz CT molecular complexity index is 691. The molecule has 1 aliphatic carbocycles. The van der Waals surface area contributed by atoms with Crippen LogP contribution in [0.5, 0.6) is 5.75 Å². The molecule has 1 N–H and O–H groups in total. The summed E-state index contributed by atoms with van der Waals surface area (Å²) in [7, 11) is 0. The molecule has 0 spiro atoms. The van der Waals surface area contributed by atoms with Crippen molar-refractivity contribution in [1.82, 2.24) is 15.2 Å². The molecular formula is C21H27N3O2. The van der Waals surface area contributed by atoms with Crippen LogP contribution >= 0.6 is 0 Å². The minimum absolute atomic E-state index is 0.285. The summed E-state index contributed by atoms with van der Waals surface area (Å²) in [6.45, 7) is 5.19. The lowest BCUT2D eigenvalue weighted by atomic mass is 10.2. The lowest BCUT2D eigenvalue weighted by Crippen LogP contribution is -2.47. The Morgan fingerprint density at radius 3 is 2.96 bits per heavy atom. The lowest BCUT2D eigenvalue weighted by Gasteiger charge is -2.33. The molecule has 2 aromatic rings. The number of pyridine rings is 1. The highest BCUT2D eigenvalue weighted by atomic mass is 16.5. The normalized spacial score (nSPS) is 20.8. The molecule has 0 amide bonds. The highest BCUT2D eigenvalue weighted by Gasteiger charge is 2.32. The fourth-order valence-electron chi connectivity index (χ4n) is 3.44. The minimum atomic E-state index is 0.285. The van der Waals surface area contributed by atoms with Gasteiger partial charge in [-0.15, -0.1) is 0 Å². The maximum atomic E-state index is 6.00. The van der Waals surface area contributed by atoms with Crippen LogP contribution in [0.3, 0.4) is 0 Å². The third kappa shape index (κ3) is 4.81. The molecule has 1 saturated heterocycles. The molecule has 2 aliphatic rings. The first kappa shape index (κ1) is 17.5. The maximum Gasteiger partial charge on any atom is 0.124 e. The van der Waals surface area contributed by atoms with Gasteiger partial charge in [0.2, 0.25) is 0 Å². The third-order valence-corrected chi connectivity index (χ3v) is 5.01. The van der Waals surface area contributed by atoms with Crippen LogP contribution in [-0.4, -0.2) is 48.3 Å². The van der Waals surface area contributed by atoms with Crippen molar-refractivity contribution in [3.05, 3.63) is 59.9 Å². The average Bonchev–Trinajstić information content (AvgIpc) is 3.54. The van der Waals surface area contributed by atoms with Gasteiger partial charge in [0.25, 0.3) is 0 Å². The number of para-hydroxylation sites is 1. The Balaban J connectivity index is 1.26. The Kier molecular flexibility index (Phi) is 5.79. The summed E-state index contributed by atoms with van der Waals surface area (Å²) in [6, 6.07) is 13.0. The van der Waals surface area contributed by atoms with E-state index in [-0.39, 0.29) is 6.10 Å². The van der Waals surface area contributed by atoms with Crippen molar-refractivity contribution in [3.63, 3.8) is 0 Å². The molecule has 5 nitrogen and oxygen atoms in total. The number of rotatable bonds is 8. The number of hydrogen-bond acceptors (Lipinski definition) is 5. The van der Waals surface area contributed by atoms with Gasteiger partial charge in [-0.2, -0.15) is 0 Å². The van der Waals surface area contributed by atoms with Gasteiger partial charge >= 0.3 is 0 Å². The van der Waals surface area contributed by atoms with Crippen molar-refractivity contribution in [2.45, 2.75) is 38.1 Å². The van der Waals surface area contributed by atoms with Crippen LogP contribution in [0.4, 0.5) is 0 Å². The molecule has 0 unspecified atom stereocenters. The van der Waals surface area contributed by atoms with Gasteiger partial charge in [0.15, 0.2) is 0 Å². The molecule has 5 heteroatoms. The van der Waals surface area contributed by atoms with Gasteiger partial charge < -0.3 is 14.8 Å². The highest BCUT2D eigenvalue weighted by molar-refractivity contribution is 5.33. The summed E-state index contributed by atoms with van der Waals surface area (Å²) in [5.41, 5.74) is 2.25. The van der Waals surface area contributed by atoms with Gasteiger partial charge in [-0.05, 0) is 25.0 Å². The van der Waals surface area contributed by atoms with E-state index < -0.39 is 0 Å². The lowest BCUT2D eigenvalue weighted by molar-refractivity contribution is -0.0301. The van der Waals surface area contributed by atoms with Gasteiger partial charge in [-0.25, -0.2) is 0 Å². The predicted octanol–water partition coefficient (Wildman–Crippen LogP) is 2.61. The van der Waals surface area contributed by atoms with Crippen LogP contribution in [-0.2, 0) is 17.9 Å². The van der Waals surface area contributed by atoms with E-state index in [1.165, 1.54) is 18.4 Å². The first-order chi connectivity index (χ1) is 12.9. The van der Waals surface area contributed by atoms with Crippen LogP contribution in [0.1, 0.15) is 24.0 Å². The van der Waals surface area contributed by atoms with Gasteiger partial charge in [0.1, 0.15) is 12.4 Å². The molecule has 2 heterocycles. The standard InChI is InChI=1S/C21H27N3O2/c1-2-6-21(26-16-17-4-3-9-22-12-17)18(5-1)13-23-14-20-15-24(10-11-25-20)19-7-8-19/h1-6,9,12,19-20,23H,7-8,10-11,13-16H2/t20-/m0/s1. The Morgan fingerprint density at radius 2 is 2.12 bits per heavy atom. The van der Waals surface area contributed by atoms with E-state index in [4.69, 9.17) is 9.47 Å². The topological polar surface area (TPSA) is 46.6 Å². The molecule has 26 heavy (non-hydrogen) atoms. The zero-order valence-corrected chi connectivity index (χ0v) is 15.1. The molecule has 0 radical (unpaired) electrons. The van der Waals surface area contributed by atoms with Crippen molar-refractivity contribution in [1.29, 1.82) is 0 Å². The average molecular weight is 353 g/mol. The number of nitrogens with one attached hydrogen (secondary N) is 1. The predicted molar refractivity (Wildman–Crippen MR) is 101 cm³/mol. The summed E-state index contributed by atoms with van der Waals surface area (Å²) in [4.78, 5) is 6.72. The molecule has 1 aromatic heterocycles. The number of benzene rings is 1. The molecule has 138 valence electrons. The van der Waals surface area contributed by atoms with Crippen LogP contribution < -0.4 is 10.1 Å². The minimum Gasteiger partial charge on any atom is -0.489 e. The fourth-order valence-corrected chi connectivity index (χ4v) is 3.44. The molecule has 1 aliphatic heterocycles. The van der Waals surface area contributed by atoms with Crippen LogP contribution in [0.15, 0.2) is 48.8 Å². The molecule has 0 bridgehead atoms. The first-order valence-electron chi connectivity index (χ1n) is 9.54. The fraction of sp³-hybridized carbons (Fsp3) is 0.476. The van der Waals surface area contributed by atoms with Gasteiger partial charge in [0, 0.05) is 55.7 Å². The second-order valence-electron chi connectivity index (χ2n) is 7.11. The molecule has 2 fully saturated rings. The van der Waals surface area contributed by atoms with Crippen molar-refractivity contribution in [2.75, 3.05) is 26.2 Å². The Morgan fingerprint density at radius 1 is 1.19 bits per heavy atom. The largest absolute Gasteiger partial charge is 0.489 e. The molecular weight excluding hydrogens is 326 g/mol. The van der Waals surface area contributed by atoms with Gasteiger partial charge in [-0.1, -0.05) is 24.3 Å². The van der Waals surface area contributed by atoms with Crippen LogP contribution in [0.2, 0.25) is 0 Å². The molecule has 1 saturated carbocycles. The monoisotopic (exact) mass is 353 g/mol.